The van der Waals surface area contributed by atoms with E-state index in [0.29, 0.717) is 25.6 Å². The van der Waals surface area contributed by atoms with Gasteiger partial charge in [-0.05, 0) is 61.7 Å². The SMILES string of the molecule is COCC1C(=O)[C@]23C[C@H]1CCC2[C@]1(C)CCC[C@](C)(COC(C)=O)C1C[C@H]3O. The number of hydrogen-bond acceptors (Lipinski definition) is 5. The molecule has 0 saturated heterocycles. The zero-order valence-corrected chi connectivity index (χ0v) is 17.8. The zero-order chi connectivity index (χ0) is 20.3. The Balaban J connectivity index is 1.70. The van der Waals surface area contributed by atoms with Gasteiger partial charge in [-0.15, -0.1) is 0 Å². The lowest BCUT2D eigenvalue weighted by molar-refractivity contribution is -0.207. The minimum atomic E-state index is -0.595. The maximum absolute atomic E-state index is 13.6. The van der Waals surface area contributed by atoms with Gasteiger partial charge in [0.2, 0.25) is 0 Å². The van der Waals surface area contributed by atoms with Crippen LogP contribution >= 0.6 is 0 Å². The van der Waals surface area contributed by atoms with Crippen molar-refractivity contribution in [1.29, 1.82) is 0 Å². The third kappa shape index (κ3) is 2.64. The Morgan fingerprint density at radius 1 is 1.21 bits per heavy atom. The molecule has 0 radical (unpaired) electrons. The van der Waals surface area contributed by atoms with Crippen molar-refractivity contribution in [3.63, 3.8) is 0 Å². The number of methoxy groups -OCH3 is 1. The van der Waals surface area contributed by atoms with Crippen LogP contribution in [0.25, 0.3) is 0 Å². The number of ketones is 1. The number of fused-ring (bicyclic) bond motifs is 3. The highest BCUT2D eigenvalue weighted by molar-refractivity contribution is 5.91. The summed E-state index contributed by atoms with van der Waals surface area (Å²) in [5, 5.41) is 11.4. The van der Waals surface area contributed by atoms with Gasteiger partial charge >= 0.3 is 5.97 Å². The molecular formula is C23H36O5. The van der Waals surface area contributed by atoms with E-state index in [0.717, 1.165) is 38.5 Å². The van der Waals surface area contributed by atoms with Gasteiger partial charge in [-0.25, -0.2) is 0 Å². The maximum Gasteiger partial charge on any atom is 0.302 e. The number of esters is 1. The van der Waals surface area contributed by atoms with Crippen LogP contribution < -0.4 is 0 Å². The normalized spacial score (nSPS) is 50.0. The van der Waals surface area contributed by atoms with Crippen molar-refractivity contribution < 1.29 is 24.2 Å². The van der Waals surface area contributed by atoms with Crippen molar-refractivity contribution >= 4 is 11.8 Å². The monoisotopic (exact) mass is 392 g/mol. The number of carbonyl (C=O) groups excluding carboxylic acids is 2. The van der Waals surface area contributed by atoms with Crippen LogP contribution in [0.5, 0.6) is 0 Å². The number of rotatable bonds is 4. The molecule has 5 nitrogen and oxygen atoms in total. The quantitative estimate of drug-likeness (QED) is 0.743. The largest absolute Gasteiger partial charge is 0.465 e. The standard InChI is InChI=1S/C23H36O5/c1-14(24)28-13-21(2)8-5-9-22(3)17-7-6-15-11-23(17,19(25)10-18(21)22)20(26)16(15)12-27-4/h15-19,25H,5-13H2,1-4H3/t15-,16?,17?,18?,19-,21-,22+,23-/m1/s1. The Labute approximate surface area is 168 Å². The topological polar surface area (TPSA) is 72.8 Å². The number of hydrogen-bond donors (Lipinski definition) is 1. The van der Waals surface area contributed by atoms with Gasteiger partial charge in [0.15, 0.2) is 0 Å². The molecule has 0 aromatic carbocycles. The van der Waals surface area contributed by atoms with E-state index in [4.69, 9.17) is 9.47 Å². The smallest absolute Gasteiger partial charge is 0.302 e. The first-order valence-electron chi connectivity index (χ1n) is 11.0. The lowest BCUT2D eigenvalue weighted by Crippen LogP contribution is -2.64. The van der Waals surface area contributed by atoms with Crippen LogP contribution in [0.3, 0.4) is 0 Å². The molecule has 0 amide bonds. The summed E-state index contributed by atoms with van der Waals surface area (Å²) in [7, 11) is 1.67. The Hall–Kier alpha value is -0.940. The van der Waals surface area contributed by atoms with Crippen molar-refractivity contribution in [1.82, 2.24) is 0 Å². The maximum atomic E-state index is 13.6. The summed E-state index contributed by atoms with van der Waals surface area (Å²) < 4.78 is 10.9. The van der Waals surface area contributed by atoms with Crippen LogP contribution in [0.15, 0.2) is 0 Å². The van der Waals surface area contributed by atoms with Crippen molar-refractivity contribution in [2.75, 3.05) is 20.3 Å². The lowest BCUT2D eigenvalue weighted by Gasteiger charge is -2.64. The van der Waals surface area contributed by atoms with Crippen LogP contribution in [-0.2, 0) is 19.1 Å². The highest BCUT2D eigenvalue weighted by Crippen LogP contribution is 2.71. The van der Waals surface area contributed by atoms with E-state index in [1.165, 1.54) is 6.92 Å². The summed E-state index contributed by atoms with van der Waals surface area (Å²) in [5.41, 5.74) is -0.711. The Bertz CT molecular complexity index is 661. The molecule has 158 valence electrons. The van der Waals surface area contributed by atoms with E-state index in [-0.39, 0.29) is 40.3 Å². The molecule has 3 unspecified atom stereocenters. The van der Waals surface area contributed by atoms with E-state index in [1.54, 1.807) is 7.11 Å². The number of aliphatic hydroxyl groups is 1. The van der Waals surface area contributed by atoms with Gasteiger partial charge in [0.1, 0.15) is 5.78 Å². The molecule has 4 aliphatic rings. The second-order valence-electron chi connectivity index (χ2n) is 10.7. The van der Waals surface area contributed by atoms with Crippen molar-refractivity contribution in [2.45, 2.75) is 71.8 Å². The predicted octanol–water partition coefficient (Wildman–Crippen LogP) is 3.37. The fraction of sp³-hybridized carbons (Fsp3) is 0.913. The molecule has 4 rings (SSSR count). The van der Waals surface area contributed by atoms with Crippen LogP contribution in [0.2, 0.25) is 0 Å². The lowest BCUT2D eigenvalue weighted by atomic mass is 9.40. The summed E-state index contributed by atoms with van der Waals surface area (Å²) in [6.45, 7) is 6.94. The van der Waals surface area contributed by atoms with Gasteiger partial charge in [0.05, 0.1) is 24.7 Å². The molecule has 0 aromatic heterocycles. The number of Topliss-reactive ketones (excluding diaryl/α,β-unsaturated/α-hetero) is 1. The molecule has 0 aromatic rings. The average Bonchev–Trinajstić information content (AvgIpc) is 2.85. The molecule has 5 heteroatoms. The minimum Gasteiger partial charge on any atom is -0.465 e. The van der Waals surface area contributed by atoms with E-state index in [2.05, 4.69) is 13.8 Å². The fourth-order valence-corrected chi connectivity index (χ4v) is 8.19. The van der Waals surface area contributed by atoms with Crippen LogP contribution in [-0.4, -0.2) is 43.3 Å². The second kappa shape index (κ2) is 6.80. The molecule has 1 spiro atoms. The van der Waals surface area contributed by atoms with Crippen molar-refractivity contribution in [3.05, 3.63) is 0 Å². The second-order valence-corrected chi connectivity index (χ2v) is 10.7. The molecule has 8 atom stereocenters. The van der Waals surface area contributed by atoms with Crippen molar-refractivity contribution in [3.8, 4) is 0 Å². The third-order valence-corrected chi connectivity index (χ3v) is 9.31. The van der Waals surface area contributed by atoms with Gasteiger partial charge in [-0.3, -0.25) is 9.59 Å². The van der Waals surface area contributed by atoms with E-state index in [9.17, 15) is 14.7 Å². The van der Waals surface area contributed by atoms with E-state index >= 15 is 0 Å². The molecule has 4 aliphatic carbocycles. The van der Waals surface area contributed by atoms with Gasteiger partial charge < -0.3 is 14.6 Å². The summed E-state index contributed by atoms with van der Waals surface area (Å²) in [6, 6.07) is 0. The van der Waals surface area contributed by atoms with Gasteiger partial charge in [0.25, 0.3) is 0 Å². The van der Waals surface area contributed by atoms with E-state index in [1.807, 2.05) is 0 Å². The van der Waals surface area contributed by atoms with Crippen LogP contribution in [0, 0.1) is 39.9 Å². The van der Waals surface area contributed by atoms with Crippen LogP contribution in [0.4, 0.5) is 0 Å². The molecule has 0 aliphatic heterocycles. The summed E-state index contributed by atoms with van der Waals surface area (Å²) in [4.78, 5) is 25.1. The van der Waals surface area contributed by atoms with Crippen molar-refractivity contribution in [2.24, 2.45) is 39.9 Å². The highest BCUT2D eigenvalue weighted by Gasteiger charge is 2.71. The average molecular weight is 393 g/mol. The molecule has 1 N–H and O–H groups in total. The molecule has 0 heterocycles. The number of aliphatic hydroxyl groups excluding tert-OH is 1. The predicted molar refractivity (Wildman–Crippen MR) is 104 cm³/mol. The first kappa shape index (κ1) is 20.3. The molecule has 4 fully saturated rings. The minimum absolute atomic E-state index is 0.00890. The summed E-state index contributed by atoms with van der Waals surface area (Å²) in [5.74, 6) is 0.813. The third-order valence-electron chi connectivity index (χ3n) is 9.31. The van der Waals surface area contributed by atoms with Gasteiger partial charge in [-0.1, -0.05) is 20.3 Å². The number of carbonyl (C=O) groups is 2. The number of ether oxygens (including phenoxy) is 2. The van der Waals surface area contributed by atoms with Gasteiger partial charge in [-0.2, -0.15) is 0 Å². The molecule has 4 saturated carbocycles. The van der Waals surface area contributed by atoms with Gasteiger partial charge in [0, 0.05) is 25.4 Å². The zero-order valence-electron chi connectivity index (χ0n) is 17.8. The summed E-state index contributed by atoms with van der Waals surface area (Å²) in [6.07, 6.45) is 6.15. The fourth-order valence-electron chi connectivity index (χ4n) is 8.19. The first-order chi connectivity index (χ1) is 13.2. The Kier molecular flexibility index (Phi) is 4.94. The molecule has 28 heavy (non-hydrogen) atoms. The Morgan fingerprint density at radius 3 is 2.64 bits per heavy atom. The molecule has 2 bridgehead atoms. The molecular weight excluding hydrogens is 356 g/mol. The van der Waals surface area contributed by atoms with E-state index < -0.39 is 11.5 Å². The van der Waals surface area contributed by atoms with Crippen LogP contribution in [0.1, 0.15) is 65.7 Å². The highest BCUT2D eigenvalue weighted by atomic mass is 16.5. The first-order valence-corrected chi connectivity index (χ1v) is 11.0. The summed E-state index contributed by atoms with van der Waals surface area (Å²) >= 11 is 0. The Morgan fingerprint density at radius 2 is 1.96 bits per heavy atom.